The molecular formula is C20H13N3S2. The first-order valence-corrected chi connectivity index (χ1v) is 9.46. The third-order valence-corrected chi connectivity index (χ3v) is 5.43. The summed E-state index contributed by atoms with van der Waals surface area (Å²) in [7, 11) is 0. The molecular weight excluding hydrogens is 346 g/mol. The number of aromatic nitrogens is 1. The van der Waals surface area contributed by atoms with E-state index in [1.54, 1.807) is 0 Å². The Labute approximate surface area is 153 Å². The van der Waals surface area contributed by atoms with Crippen LogP contribution in [0.2, 0.25) is 0 Å². The van der Waals surface area contributed by atoms with E-state index in [0.29, 0.717) is 5.56 Å². The van der Waals surface area contributed by atoms with Gasteiger partial charge in [0.2, 0.25) is 0 Å². The van der Waals surface area contributed by atoms with Crippen molar-refractivity contribution in [2.24, 2.45) is 0 Å². The fourth-order valence-electron chi connectivity index (χ4n) is 2.56. The third kappa shape index (κ3) is 3.18. The summed E-state index contributed by atoms with van der Waals surface area (Å²) in [5.41, 5.74) is 4.69. The maximum atomic E-state index is 9.61. The van der Waals surface area contributed by atoms with E-state index in [1.165, 1.54) is 22.7 Å². The Kier molecular flexibility index (Phi) is 4.30. The summed E-state index contributed by atoms with van der Waals surface area (Å²) in [6, 6.07) is 22.4. The number of hydrogen-bond donors (Lipinski definition) is 1. The fraction of sp³-hybridized carbons (Fsp3) is 0. The summed E-state index contributed by atoms with van der Waals surface area (Å²) in [4.78, 5) is 4.64. The van der Waals surface area contributed by atoms with E-state index in [1.807, 2.05) is 71.4 Å². The number of nitriles is 1. The van der Waals surface area contributed by atoms with Gasteiger partial charge in [0.25, 0.3) is 0 Å². The van der Waals surface area contributed by atoms with Crippen LogP contribution in [0.5, 0.6) is 0 Å². The molecule has 4 aromatic rings. The number of rotatable bonds is 4. The summed E-state index contributed by atoms with van der Waals surface area (Å²) in [5.74, 6) is 0. The molecule has 0 saturated carbocycles. The van der Waals surface area contributed by atoms with Crippen LogP contribution in [-0.2, 0) is 0 Å². The van der Waals surface area contributed by atoms with Crippen molar-refractivity contribution >= 4 is 32.8 Å². The minimum Gasteiger partial charge on any atom is -0.322 e. The highest BCUT2D eigenvalue weighted by atomic mass is 32.1. The molecule has 0 radical (unpaired) electrons. The maximum absolute atomic E-state index is 9.61. The molecule has 4 rings (SSSR count). The molecule has 0 unspecified atom stereocenters. The van der Waals surface area contributed by atoms with Gasteiger partial charge in [-0.3, -0.25) is 0 Å². The molecule has 0 aliphatic rings. The summed E-state index contributed by atoms with van der Waals surface area (Å²) in [6.45, 7) is 0. The van der Waals surface area contributed by atoms with E-state index in [-0.39, 0.29) is 0 Å². The number of benzene rings is 2. The molecule has 25 heavy (non-hydrogen) atoms. The average Bonchev–Trinajstić information content (AvgIpc) is 3.30. The smallest absolute Gasteiger partial charge is 0.188 e. The number of nitrogens with one attached hydrogen (secondary N) is 1. The quantitative estimate of drug-likeness (QED) is 0.475. The lowest BCUT2D eigenvalue weighted by atomic mass is 10.1. The Bertz CT molecular complexity index is 1030. The molecule has 120 valence electrons. The van der Waals surface area contributed by atoms with Gasteiger partial charge in [-0.25, -0.2) is 4.98 Å². The SMILES string of the molecule is N#Cc1c(-c2ccccc2)csc1Nc1nc(-c2ccccc2)cs1. The van der Waals surface area contributed by atoms with E-state index >= 15 is 0 Å². The molecule has 2 aromatic carbocycles. The number of nitrogens with zero attached hydrogens (tertiary/aromatic N) is 2. The Morgan fingerprint density at radius 1 is 0.840 bits per heavy atom. The van der Waals surface area contributed by atoms with Crippen LogP contribution in [0, 0.1) is 11.3 Å². The predicted molar refractivity (Wildman–Crippen MR) is 105 cm³/mol. The van der Waals surface area contributed by atoms with Gasteiger partial charge in [-0.2, -0.15) is 5.26 Å². The van der Waals surface area contributed by atoms with Gasteiger partial charge in [0, 0.05) is 21.9 Å². The number of hydrogen-bond acceptors (Lipinski definition) is 5. The molecule has 0 saturated heterocycles. The molecule has 0 aliphatic carbocycles. The lowest BCUT2D eigenvalue weighted by molar-refractivity contribution is 1.39. The van der Waals surface area contributed by atoms with Crippen molar-refractivity contribution in [1.82, 2.24) is 4.98 Å². The van der Waals surface area contributed by atoms with Crippen LogP contribution in [0.1, 0.15) is 5.56 Å². The van der Waals surface area contributed by atoms with Gasteiger partial charge >= 0.3 is 0 Å². The Balaban J connectivity index is 1.63. The lowest BCUT2D eigenvalue weighted by Gasteiger charge is -2.02. The molecule has 2 heterocycles. The van der Waals surface area contributed by atoms with Crippen LogP contribution < -0.4 is 5.32 Å². The second kappa shape index (κ2) is 6.89. The molecule has 0 amide bonds. The van der Waals surface area contributed by atoms with Crippen LogP contribution >= 0.6 is 22.7 Å². The molecule has 0 spiro atoms. The zero-order valence-electron chi connectivity index (χ0n) is 13.1. The van der Waals surface area contributed by atoms with Crippen molar-refractivity contribution < 1.29 is 0 Å². The molecule has 1 N–H and O–H groups in total. The lowest BCUT2D eigenvalue weighted by Crippen LogP contribution is -1.90. The van der Waals surface area contributed by atoms with Crippen LogP contribution in [0.4, 0.5) is 10.1 Å². The Morgan fingerprint density at radius 3 is 2.20 bits per heavy atom. The van der Waals surface area contributed by atoms with Gasteiger partial charge in [-0.1, -0.05) is 60.7 Å². The van der Waals surface area contributed by atoms with Crippen molar-refractivity contribution in [3.63, 3.8) is 0 Å². The summed E-state index contributed by atoms with van der Waals surface area (Å²) in [6.07, 6.45) is 0. The molecule has 2 aromatic heterocycles. The zero-order valence-corrected chi connectivity index (χ0v) is 14.8. The van der Waals surface area contributed by atoms with Crippen molar-refractivity contribution in [2.45, 2.75) is 0 Å². The van der Waals surface area contributed by atoms with Crippen LogP contribution in [0.3, 0.4) is 0 Å². The average molecular weight is 359 g/mol. The van der Waals surface area contributed by atoms with E-state index in [2.05, 4.69) is 16.4 Å². The Morgan fingerprint density at radius 2 is 1.52 bits per heavy atom. The topological polar surface area (TPSA) is 48.7 Å². The van der Waals surface area contributed by atoms with Crippen LogP contribution in [-0.4, -0.2) is 4.98 Å². The standard InChI is InChI=1S/C20H13N3S2/c21-11-16-17(14-7-3-1-4-8-14)12-24-19(16)23-20-22-18(13-25-20)15-9-5-2-6-10-15/h1-10,12-13H,(H,22,23). The highest BCUT2D eigenvalue weighted by Crippen LogP contribution is 2.37. The monoisotopic (exact) mass is 359 g/mol. The number of thiophene rings is 1. The predicted octanol–water partition coefficient (Wildman–Crippen LogP) is 6.15. The number of thiazole rings is 1. The first kappa shape index (κ1) is 15.6. The minimum atomic E-state index is 0.660. The van der Waals surface area contributed by atoms with Gasteiger partial charge in [-0.05, 0) is 5.56 Å². The van der Waals surface area contributed by atoms with Crippen LogP contribution in [0.25, 0.3) is 22.4 Å². The maximum Gasteiger partial charge on any atom is 0.188 e. The third-order valence-electron chi connectivity index (χ3n) is 3.78. The van der Waals surface area contributed by atoms with E-state index in [0.717, 1.165) is 32.5 Å². The van der Waals surface area contributed by atoms with Gasteiger partial charge < -0.3 is 5.32 Å². The van der Waals surface area contributed by atoms with Gasteiger partial charge in [-0.15, -0.1) is 22.7 Å². The normalized spacial score (nSPS) is 10.4. The van der Waals surface area contributed by atoms with Gasteiger partial charge in [0.15, 0.2) is 5.13 Å². The summed E-state index contributed by atoms with van der Waals surface area (Å²) in [5, 5.41) is 18.6. The highest BCUT2D eigenvalue weighted by molar-refractivity contribution is 7.16. The second-order valence-electron chi connectivity index (χ2n) is 5.36. The zero-order chi connectivity index (χ0) is 17.1. The first-order valence-electron chi connectivity index (χ1n) is 7.70. The van der Waals surface area contributed by atoms with Gasteiger partial charge in [0.05, 0.1) is 11.3 Å². The summed E-state index contributed by atoms with van der Waals surface area (Å²) >= 11 is 3.07. The fourth-order valence-corrected chi connectivity index (χ4v) is 4.27. The van der Waals surface area contributed by atoms with E-state index < -0.39 is 0 Å². The van der Waals surface area contributed by atoms with Crippen molar-refractivity contribution in [3.8, 4) is 28.5 Å². The molecule has 3 nitrogen and oxygen atoms in total. The van der Waals surface area contributed by atoms with Crippen LogP contribution in [0.15, 0.2) is 71.4 Å². The molecule has 0 atom stereocenters. The van der Waals surface area contributed by atoms with Crippen molar-refractivity contribution in [2.75, 3.05) is 5.32 Å². The van der Waals surface area contributed by atoms with Crippen molar-refractivity contribution in [1.29, 1.82) is 5.26 Å². The molecule has 0 bridgehead atoms. The second-order valence-corrected chi connectivity index (χ2v) is 7.10. The Hall–Kier alpha value is -2.94. The highest BCUT2D eigenvalue weighted by Gasteiger charge is 2.14. The van der Waals surface area contributed by atoms with Gasteiger partial charge in [0.1, 0.15) is 11.1 Å². The first-order chi connectivity index (χ1) is 12.3. The molecule has 0 aliphatic heterocycles. The van der Waals surface area contributed by atoms with Crippen molar-refractivity contribution in [3.05, 3.63) is 77.0 Å². The summed E-state index contributed by atoms with van der Waals surface area (Å²) < 4.78 is 0. The minimum absolute atomic E-state index is 0.660. The number of anilines is 2. The molecule has 0 fully saturated rings. The molecule has 5 heteroatoms. The largest absolute Gasteiger partial charge is 0.322 e. The van der Waals surface area contributed by atoms with E-state index in [4.69, 9.17) is 0 Å². The van der Waals surface area contributed by atoms with E-state index in [9.17, 15) is 5.26 Å².